The summed E-state index contributed by atoms with van der Waals surface area (Å²) in [5.74, 6) is 0.665. The third-order valence-corrected chi connectivity index (χ3v) is 7.38. The fourth-order valence-corrected chi connectivity index (χ4v) is 5.09. The van der Waals surface area contributed by atoms with Crippen LogP contribution in [0.15, 0.2) is 53.5 Å². The molecule has 2 aromatic carbocycles. The summed E-state index contributed by atoms with van der Waals surface area (Å²) in [6.07, 6.45) is 3.55. The smallest absolute Gasteiger partial charge is 0.282 e. The monoisotopic (exact) mass is 521 g/mol. The minimum absolute atomic E-state index is 0.242. The van der Waals surface area contributed by atoms with Crippen molar-refractivity contribution in [3.63, 3.8) is 0 Å². The molecule has 8 nitrogen and oxygen atoms in total. The topological polar surface area (TPSA) is 79.2 Å². The summed E-state index contributed by atoms with van der Waals surface area (Å²) in [6, 6.07) is 13.4. The summed E-state index contributed by atoms with van der Waals surface area (Å²) in [5, 5.41) is 9.06. The van der Waals surface area contributed by atoms with Gasteiger partial charge in [-0.2, -0.15) is 9.78 Å². The van der Waals surface area contributed by atoms with Crippen LogP contribution in [0.1, 0.15) is 24.5 Å². The molecule has 6 rings (SSSR count). The third-order valence-electron chi connectivity index (χ3n) is 6.77. The molecule has 184 valence electrons. The molecule has 1 N–H and O–H groups in total. The van der Waals surface area contributed by atoms with Crippen molar-refractivity contribution in [3.05, 3.63) is 74.8 Å². The van der Waals surface area contributed by atoms with E-state index >= 15 is 0 Å². The third kappa shape index (κ3) is 4.40. The number of piperazine rings is 1. The Morgan fingerprint density at radius 2 is 1.67 bits per heavy atom. The maximum Gasteiger partial charge on any atom is 0.282 e. The Morgan fingerprint density at radius 1 is 0.972 bits per heavy atom. The minimum atomic E-state index is -0.354. The molecule has 4 aromatic rings. The summed E-state index contributed by atoms with van der Waals surface area (Å²) in [5.41, 5.74) is 3.42. The molecule has 3 heterocycles. The minimum Gasteiger partial charge on any atom is -0.369 e. The quantitative estimate of drug-likeness (QED) is 0.401. The fraction of sp³-hybridized carbons (Fsp3) is 0.308. The van der Waals surface area contributed by atoms with Crippen LogP contribution in [-0.4, -0.2) is 57.9 Å². The van der Waals surface area contributed by atoms with Gasteiger partial charge < -0.3 is 15.1 Å². The van der Waals surface area contributed by atoms with E-state index in [1.54, 1.807) is 24.4 Å². The van der Waals surface area contributed by atoms with Gasteiger partial charge in [0.1, 0.15) is 11.2 Å². The fourth-order valence-electron chi connectivity index (χ4n) is 4.53. The van der Waals surface area contributed by atoms with Gasteiger partial charge in [-0.1, -0.05) is 29.3 Å². The normalized spacial score (nSPS) is 16.5. The number of fused-ring (bicyclic) bond motifs is 1. The van der Waals surface area contributed by atoms with Crippen molar-refractivity contribution in [1.29, 1.82) is 0 Å². The van der Waals surface area contributed by atoms with E-state index < -0.39 is 0 Å². The molecule has 2 fully saturated rings. The second-order valence-corrected chi connectivity index (χ2v) is 10.2. The van der Waals surface area contributed by atoms with Crippen LogP contribution in [0.5, 0.6) is 0 Å². The second kappa shape index (κ2) is 9.35. The van der Waals surface area contributed by atoms with Gasteiger partial charge in [-0.05, 0) is 56.3 Å². The van der Waals surface area contributed by atoms with Gasteiger partial charge in [-0.25, -0.2) is 9.97 Å². The maximum absolute atomic E-state index is 13.4. The molecule has 0 spiro atoms. The van der Waals surface area contributed by atoms with Crippen LogP contribution in [-0.2, 0) is 0 Å². The highest BCUT2D eigenvalue weighted by Crippen LogP contribution is 2.41. The molecule has 2 aliphatic rings. The largest absolute Gasteiger partial charge is 0.369 e. The van der Waals surface area contributed by atoms with Crippen molar-refractivity contribution in [2.24, 2.45) is 0 Å². The molecule has 10 heteroatoms. The van der Waals surface area contributed by atoms with Gasteiger partial charge in [0.2, 0.25) is 5.95 Å². The van der Waals surface area contributed by atoms with Gasteiger partial charge in [-0.15, -0.1) is 0 Å². The van der Waals surface area contributed by atoms with Crippen molar-refractivity contribution in [3.8, 4) is 5.69 Å². The van der Waals surface area contributed by atoms with E-state index in [0.717, 1.165) is 50.4 Å². The number of para-hydroxylation sites is 1. The van der Waals surface area contributed by atoms with Crippen LogP contribution in [0.2, 0.25) is 10.0 Å². The molecule has 0 radical (unpaired) electrons. The second-order valence-electron chi connectivity index (χ2n) is 9.36. The van der Waals surface area contributed by atoms with Crippen molar-refractivity contribution < 1.29 is 0 Å². The Bertz CT molecular complexity index is 1470. The zero-order chi connectivity index (χ0) is 24.8. The lowest BCUT2D eigenvalue weighted by molar-refractivity contribution is 0.313. The first-order valence-corrected chi connectivity index (χ1v) is 12.8. The molecule has 1 saturated heterocycles. The van der Waals surface area contributed by atoms with Gasteiger partial charge in [-0.3, -0.25) is 4.79 Å². The standard InChI is InChI=1S/C26H25Cl2N7O/c1-33-11-13-34(14-12-33)18-9-7-17(8-10-18)30-26-29-15-19-23(31-26)22(16-5-6-16)32-35(25(19)36)24-20(27)3-2-4-21(24)28/h2-4,7-10,15-16H,5-6,11-14H2,1H3,(H,29,30,31). The van der Waals surface area contributed by atoms with Crippen LogP contribution >= 0.6 is 23.2 Å². The number of benzene rings is 2. The Hall–Kier alpha value is -3.20. The van der Waals surface area contributed by atoms with Crippen molar-refractivity contribution in [2.45, 2.75) is 18.8 Å². The number of nitrogens with one attached hydrogen (secondary N) is 1. The number of anilines is 3. The van der Waals surface area contributed by atoms with Gasteiger partial charge in [0.15, 0.2) is 0 Å². The Kier molecular flexibility index (Phi) is 6.03. The first-order chi connectivity index (χ1) is 17.5. The summed E-state index contributed by atoms with van der Waals surface area (Å²) >= 11 is 12.8. The van der Waals surface area contributed by atoms with E-state index in [9.17, 15) is 4.79 Å². The average Bonchev–Trinajstić information content (AvgIpc) is 3.72. The molecule has 0 unspecified atom stereocenters. The summed E-state index contributed by atoms with van der Waals surface area (Å²) < 4.78 is 1.29. The molecule has 0 atom stereocenters. The molecular formula is C26H25Cl2N7O. The van der Waals surface area contributed by atoms with E-state index in [0.29, 0.717) is 32.6 Å². The molecule has 1 saturated carbocycles. The summed E-state index contributed by atoms with van der Waals surface area (Å²) in [4.78, 5) is 27.3. The molecule has 1 aliphatic heterocycles. The van der Waals surface area contributed by atoms with Crippen LogP contribution in [0, 0.1) is 0 Å². The number of nitrogens with zero attached hydrogens (tertiary/aromatic N) is 6. The first-order valence-electron chi connectivity index (χ1n) is 12.0. The first kappa shape index (κ1) is 23.2. The number of aromatic nitrogens is 4. The number of rotatable bonds is 5. The maximum atomic E-state index is 13.4. The predicted molar refractivity (Wildman–Crippen MR) is 144 cm³/mol. The zero-order valence-electron chi connectivity index (χ0n) is 19.8. The molecule has 0 bridgehead atoms. The van der Waals surface area contributed by atoms with E-state index in [1.165, 1.54) is 10.4 Å². The Labute approximate surface area is 218 Å². The molecular weight excluding hydrogens is 497 g/mol. The zero-order valence-corrected chi connectivity index (χ0v) is 21.3. The number of hydrogen-bond donors (Lipinski definition) is 1. The number of hydrogen-bond acceptors (Lipinski definition) is 7. The highest BCUT2D eigenvalue weighted by atomic mass is 35.5. The van der Waals surface area contributed by atoms with Gasteiger partial charge in [0, 0.05) is 49.7 Å². The Balaban J connectivity index is 1.33. The van der Waals surface area contributed by atoms with Gasteiger partial charge in [0.05, 0.1) is 21.1 Å². The molecule has 2 aromatic heterocycles. The van der Waals surface area contributed by atoms with Crippen molar-refractivity contribution >= 4 is 51.4 Å². The predicted octanol–water partition coefficient (Wildman–Crippen LogP) is 4.86. The number of halogens is 2. The van der Waals surface area contributed by atoms with Crippen molar-refractivity contribution in [2.75, 3.05) is 43.4 Å². The summed E-state index contributed by atoms with van der Waals surface area (Å²) in [6.45, 7) is 4.16. The lowest BCUT2D eigenvalue weighted by Crippen LogP contribution is -2.44. The van der Waals surface area contributed by atoms with E-state index in [-0.39, 0.29) is 11.5 Å². The van der Waals surface area contributed by atoms with Crippen LogP contribution < -0.4 is 15.8 Å². The van der Waals surface area contributed by atoms with E-state index in [2.05, 4.69) is 44.4 Å². The number of likely N-dealkylation sites (N-methyl/N-ethyl adjacent to an activating group) is 1. The molecule has 1 aliphatic carbocycles. The van der Waals surface area contributed by atoms with Crippen LogP contribution in [0.4, 0.5) is 17.3 Å². The van der Waals surface area contributed by atoms with E-state index in [1.807, 2.05) is 12.1 Å². The Morgan fingerprint density at radius 3 is 2.33 bits per heavy atom. The van der Waals surface area contributed by atoms with Crippen LogP contribution in [0.3, 0.4) is 0 Å². The lowest BCUT2D eigenvalue weighted by Gasteiger charge is -2.34. The summed E-state index contributed by atoms with van der Waals surface area (Å²) in [7, 11) is 2.15. The SMILES string of the molecule is CN1CCN(c2ccc(Nc3ncc4c(=O)n(-c5c(Cl)cccc5Cl)nc(C5CC5)c4n3)cc2)CC1. The van der Waals surface area contributed by atoms with E-state index in [4.69, 9.17) is 28.2 Å². The highest BCUT2D eigenvalue weighted by molar-refractivity contribution is 6.37. The van der Waals surface area contributed by atoms with Gasteiger partial charge >= 0.3 is 0 Å². The van der Waals surface area contributed by atoms with Gasteiger partial charge in [0.25, 0.3) is 5.56 Å². The average molecular weight is 522 g/mol. The lowest BCUT2D eigenvalue weighted by atomic mass is 10.2. The van der Waals surface area contributed by atoms with Crippen LogP contribution in [0.25, 0.3) is 16.6 Å². The highest BCUT2D eigenvalue weighted by Gasteiger charge is 2.30. The molecule has 0 amide bonds. The molecule has 36 heavy (non-hydrogen) atoms. The van der Waals surface area contributed by atoms with Crippen molar-refractivity contribution in [1.82, 2.24) is 24.6 Å².